The Bertz CT molecular complexity index is 435. The third-order valence-electron chi connectivity index (χ3n) is 4.14. The maximum Gasteiger partial charge on any atom is 0.122 e. The van der Waals surface area contributed by atoms with Gasteiger partial charge in [-0.15, -0.1) is 0 Å². The predicted molar refractivity (Wildman–Crippen MR) is 82.0 cm³/mol. The number of rotatable bonds is 5. The Labute approximate surface area is 120 Å². The zero-order valence-electron chi connectivity index (χ0n) is 11.7. The molecule has 1 aliphatic heterocycles. The van der Waals surface area contributed by atoms with Gasteiger partial charge in [0.1, 0.15) is 5.75 Å². The van der Waals surface area contributed by atoms with Crippen LogP contribution in [-0.2, 0) is 13.0 Å². The van der Waals surface area contributed by atoms with E-state index in [0.717, 1.165) is 30.6 Å². The van der Waals surface area contributed by atoms with Crippen molar-refractivity contribution in [3.63, 3.8) is 0 Å². The van der Waals surface area contributed by atoms with Gasteiger partial charge in [0.2, 0.25) is 0 Å². The van der Waals surface area contributed by atoms with Gasteiger partial charge in [-0.25, -0.2) is 0 Å². The topological polar surface area (TPSA) is 21.3 Å². The van der Waals surface area contributed by atoms with E-state index in [0.29, 0.717) is 6.04 Å². The van der Waals surface area contributed by atoms with E-state index in [1.807, 2.05) is 0 Å². The monoisotopic (exact) mass is 277 g/mol. The molecule has 1 aromatic carbocycles. The number of benzene rings is 1. The number of nitrogens with one attached hydrogen (secondary N) is 1. The van der Waals surface area contributed by atoms with Gasteiger partial charge in [-0.05, 0) is 42.2 Å². The van der Waals surface area contributed by atoms with Crippen molar-refractivity contribution in [2.45, 2.75) is 50.4 Å². The van der Waals surface area contributed by atoms with Crippen molar-refractivity contribution in [3.8, 4) is 5.75 Å². The second kappa shape index (κ2) is 6.19. The summed E-state index contributed by atoms with van der Waals surface area (Å²) in [4.78, 5) is 0. The summed E-state index contributed by atoms with van der Waals surface area (Å²) < 4.78 is 5.55. The van der Waals surface area contributed by atoms with Crippen molar-refractivity contribution in [3.05, 3.63) is 29.3 Å². The first-order valence-corrected chi connectivity index (χ1v) is 8.49. The molecule has 3 heteroatoms. The third kappa shape index (κ3) is 3.26. The van der Waals surface area contributed by atoms with Crippen molar-refractivity contribution >= 4 is 11.8 Å². The maximum atomic E-state index is 5.55. The third-order valence-corrected chi connectivity index (χ3v) is 5.37. The van der Waals surface area contributed by atoms with Crippen molar-refractivity contribution in [2.75, 3.05) is 12.4 Å². The van der Waals surface area contributed by atoms with Crippen LogP contribution in [0.2, 0.25) is 0 Å². The highest BCUT2D eigenvalue weighted by Gasteiger charge is 2.24. The summed E-state index contributed by atoms with van der Waals surface area (Å²) in [6, 6.07) is 7.35. The first-order valence-electron chi connectivity index (χ1n) is 7.44. The van der Waals surface area contributed by atoms with Crippen molar-refractivity contribution in [1.29, 1.82) is 0 Å². The van der Waals surface area contributed by atoms with Gasteiger partial charge in [0.25, 0.3) is 0 Å². The Morgan fingerprint density at radius 1 is 1.37 bits per heavy atom. The molecule has 1 N–H and O–H groups in total. The van der Waals surface area contributed by atoms with E-state index in [4.69, 9.17) is 4.74 Å². The predicted octanol–water partition coefficient (Wildman–Crippen LogP) is 3.39. The molecule has 104 valence electrons. The SMILES string of the molecule is CCSC1CCC(NCc2ccc3c(c2)CCO3)C1. The first-order chi connectivity index (χ1) is 9.35. The molecule has 1 heterocycles. The fourth-order valence-electron chi connectivity index (χ4n) is 3.12. The van der Waals surface area contributed by atoms with Gasteiger partial charge in [0.15, 0.2) is 0 Å². The van der Waals surface area contributed by atoms with Gasteiger partial charge < -0.3 is 10.1 Å². The van der Waals surface area contributed by atoms with Gasteiger partial charge in [-0.3, -0.25) is 0 Å². The Morgan fingerprint density at radius 2 is 2.32 bits per heavy atom. The van der Waals surface area contributed by atoms with Crippen LogP contribution in [-0.4, -0.2) is 23.7 Å². The lowest BCUT2D eigenvalue weighted by atomic mass is 10.1. The average Bonchev–Trinajstić information content (AvgIpc) is 3.04. The van der Waals surface area contributed by atoms with E-state index in [9.17, 15) is 0 Å². The molecule has 0 spiro atoms. The molecule has 1 saturated carbocycles. The summed E-state index contributed by atoms with van der Waals surface area (Å²) in [5.41, 5.74) is 2.78. The quantitative estimate of drug-likeness (QED) is 0.891. The van der Waals surface area contributed by atoms with Crippen LogP contribution in [0.1, 0.15) is 37.3 Å². The molecule has 2 unspecified atom stereocenters. The first kappa shape index (κ1) is 13.3. The lowest BCUT2D eigenvalue weighted by Gasteiger charge is -2.13. The number of ether oxygens (including phenoxy) is 1. The summed E-state index contributed by atoms with van der Waals surface area (Å²) in [5.74, 6) is 2.34. The second-order valence-corrected chi connectivity index (χ2v) is 7.09. The summed E-state index contributed by atoms with van der Waals surface area (Å²) in [7, 11) is 0. The van der Waals surface area contributed by atoms with Gasteiger partial charge in [0.05, 0.1) is 6.61 Å². The molecule has 0 aromatic heterocycles. The minimum absolute atomic E-state index is 0.716. The Balaban J connectivity index is 1.50. The largest absolute Gasteiger partial charge is 0.493 e. The Kier molecular flexibility index (Phi) is 4.34. The van der Waals surface area contributed by atoms with Crippen molar-refractivity contribution < 1.29 is 4.74 Å². The lowest BCUT2D eigenvalue weighted by Crippen LogP contribution is -2.26. The lowest BCUT2D eigenvalue weighted by molar-refractivity contribution is 0.357. The molecular weight excluding hydrogens is 254 g/mol. The van der Waals surface area contributed by atoms with E-state index in [1.54, 1.807) is 0 Å². The average molecular weight is 277 g/mol. The molecule has 2 atom stereocenters. The van der Waals surface area contributed by atoms with E-state index < -0.39 is 0 Å². The zero-order chi connectivity index (χ0) is 13.1. The molecule has 0 bridgehead atoms. The van der Waals surface area contributed by atoms with Crippen LogP contribution < -0.4 is 10.1 Å². The summed E-state index contributed by atoms with van der Waals surface area (Å²) >= 11 is 2.12. The molecular formula is C16H23NOS. The van der Waals surface area contributed by atoms with Crippen LogP contribution in [0.25, 0.3) is 0 Å². The highest BCUT2D eigenvalue weighted by atomic mass is 32.2. The van der Waals surface area contributed by atoms with Crippen LogP contribution >= 0.6 is 11.8 Å². The molecule has 19 heavy (non-hydrogen) atoms. The van der Waals surface area contributed by atoms with Crippen molar-refractivity contribution in [1.82, 2.24) is 5.32 Å². The highest BCUT2D eigenvalue weighted by molar-refractivity contribution is 7.99. The van der Waals surface area contributed by atoms with E-state index >= 15 is 0 Å². The van der Waals surface area contributed by atoms with Crippen LogP contribution in [0.3, 0.4) is 0 Å². The fraction of sp³-hybridized carbons (Fsp3) is 0.625. The van der Waals surface area contributed by atoms with Gasteiger partial charge in [0, 0.05) is 24.3 Å². The number of thioether (sulfide) groups is 1. The van der Waals surface area contributed by atoms with Crippen LogP contribution in [0.5, 0.6) is 5.75 Å². The van der Waals surface area contributed by atoms with Crippen LogP contribution in [0.4, 0.5) is 0 Å². The van der Waals surface area contributed by atoms with E-state index in [-0.39, 0.29) is 0 Å². The molecule has 3 rings (SSSR count). The molecule has 1 aromatic rings. The van der Waals surface area contributed by atoms with Crippen molar-refractivity contribution in [2.24, 2.45) is 0 Å². The molecule has 0 radical (unpaired) electrons. The van der Waals surface area contributed by atoms with Gasteiger partial charge >= 0.3 is 0 Å². The van der Waals surface area contributed by atoms with Crippen LogP contribution in [0, 0.1) is 0 Å². The molecule has 2 aliphatic rings. The van der Waals surface area contributed by atoms with Gasteiger partial charge in [-0.2, -0.15) is 11.8 Å². The van der Waals surface area contributed by atoms with E-state index in [2.05, 4.69) is 42.2 Å². The molecule has 1 fully saturated rings. The molecule has 0 amide bonds. The number of hydrogen-bond donors (Lipinski definition) is 1. The summed E-state index contributed by atoms with van der Waals surface area (Å²) in [6.07, 6.45) is 5.13. The van der Waals surface area contributed by atoms with E-state index in [1.165, 1.54) is 36.1 Å². The molecule has 2 nitrogen and oxygen atoms in total. The number of fused-ring (bicyclic) bond motifs is 1. The second-order valence-electron chi connectivity index (χ2n) is 5.51. The number of hydrogen-bond acceptors (Lipinski definition) is 3. The van der Waals surface area contributed by atoms with Gasteiger partial charge in [-0.1, -0.05) is 19.1 Å². The summed E-state index contributed by atoms with van der Waals surface area (Å²) in [5, 5.41) is 4.61. The smallest absolute Gasteiger partial charge is 0.122 e. The highest BCUT2D eigenvalue weighted by Crippen LogP contribution is 2.30. The van der Waals surface area contributed by atoms with Crippen LogP contribution in [0.15, 0.2) is 18.2 Å². The normalized spacial score (nSPS) is 25.3. The molecule has 1 aliphatic carbocycles. The zero-order valence-corrected chi connectivity index (χ0v) is 12.5. The molecule has 0 saturated heterocycles. The summed E-state index contributed by atoms with van der Waals surface area (Å²) in [6.45, 7) is 4.12. The Morgan fingerprint density at radius 3 is 3.21 bits per heavy atom. The standard InChI is InChI=1S/C16H23NOS/c1-2-19-15-5-4-14(10-15)17-11-12-3-6-16-13(9-12)7-8-18-16/h3,6,9,14-15,17H,2,4-5,7-8,10-11H2,1H3. The maximum absolute atomic E-state index is 5.55. The minimum Gasteiger partial charge on any atom is -0.493 e. The fourth-order valence-corrected chi connectivity index (χ4v) is 4.27. The minimum atomic E-state index is 0.716. The Hall–Kier alpha value is -0.670.